The Hall–Kier alpha value is -0.820. The van der Waals surface area contributed by atoms with E-state index >= 15 is 0 Å². The Morgan fingerprint density at radius 2 is 0.897 bits per heavy atom. The van der Waals surface area contributed by atoms with E-state index in [4.69, 9.17) is 0 Å². The van der Waals surface area contributed by atoms with Crippen molar-refractivity contribution in [2.75, 3.05) is 13.6 Å². The molecule has 0 bridgehead atoms. The van der Waals surface area contributed by atoms with Crippen LogP contribution in [0.5, 0.6) is 0 Å². The van der Waals surface area contributed by atoms with Gasteiger partial charge in [0.1, 0.15) is 5.69 Å². The normalized spacial score (nSPS) is 12.4. The van der Waals surface area contributed by atoms with Gasteiger partial charge in [-0.25, -0.2) is 0 Å². The summed E-state index contributed by atoms with van der Waals surface area (Å²) in [5, 5.41) is 0. The van der Waals surface area contributed by atoms with E-state index in [1.807, 2.05) is 0 Å². The van der Waals surface area contributed by atoms with Crippen molar-refractivity contribution in [3.63, 3.8) is 0 Å². The molecule has 1 aromatic rings. The van der Waals surface area contributed by atoms with Crippen LogP contribution < -0.4 is 4.90 Å². The molecule has 168 valence electrons. The topological polar surface area (TPSA) is 4.44 Å². The summed E-state index contributed by atoms with van der Waals surface area (Å²) < 4.78 is 0. The highest BCUT2D eigenvalue weighted by Gasteiger charge is 2.13. The molecule has 0 fully saturated rings. The van der Waals surface area contributed by atoms with Gasteiger partial charge in [-0.15, -0.1) is 0 Å². The first-order valence-electron chi connectivity index (χ1n) is 13.0. The molecule has 0 saturated heterocycles. The maximum absolute atomic E-state index is 2.34. The van der Waals surface area contributed by atoms with Gasteiger partial charge in [0.2, 0.25) is 0 Å². The summed E-state index contributed by atoms with van der Waals surface area (Å²) in [5.74, 6) is 0. The van der Waals surface area contributed by atoms with Gasteiger partial charge in [0.05, 0.1) is 13.6 Å². The molecule has 1 unspecified atom stereocenters. The van der Waals surface area contributed by atoms with E-state index in [1.165, 1.54) is 132 Å². The van der Waals surface area contributed by atoms with Gasteiger partial charge in [-0.3, -0.25) is 0 Å². The highest BCUT2D eigenvalue weighted by atomic mass is 15.1. The predicted molar refractivity (Wildman–Crippen MR) is 132 cm³/mol. The van der Waals surface area contributed by atoms with Crippen LogP contribution in [-0.4, -0.2) is 13.6 Å². The summed E-state index contributed by atoms with van der Waals surface area (Å²) in [4.78, 5) is 1.59. The van der Waals surface area contributed by atoms with Crippen molar-refractivity contribution >= 4 is 5.69 Å². The second kappa shape index (κ2) is 16.9. The number of hydrogen-bond donors (Lipinski definition) is 1. The molecule has 0 aliphatic heterocycles. The fourth-order valence-electron chi connectivity index (χ4n) is 4.92. The highest BCUT2D eigenvalue weighted by Crippen LogP contribution is 2.18. The molecule has 1 nitrogen and oxygen atoms in total. The number of nitrogens with one attached hydrogen (secondary N) is 1. The van der Waals surface area contributed by atoms with Crippen molar-refractivity contribution in [2.24, 2.45) is 0 Å². The predicted octanol–water partition coefficient (Wildman–Crippen LogP) is 8.02. The zero-order valence-corrected chi connectivity index (χ0v) is 20.7. The molecular formula is C28H52N+. The molecule has 1 aromatic carbocycles. The lowest BCUT2D eigenvalue weighted by Crippen LogP contribution is -3.04. The van der Waals surface area contributed by atoms with Crippen LogP contribution in [0.25, 0.3) is 0 Å². The largest absolute Gasteiger partial charge is 0.304 e. The molecule has 0 amide bonds. The molecule has 0 aromatic heterocycles. The van der Waals surface area contributed by atoms with Gasteiger partial charge in [0.25, 0.3) is 0 Å². The molecule has 1 rings (SSSR count). The number of hydrogen-bond acceptors (Lipinski definition) is 0. The van der Waals surface area contributed by atoms with Crippen LogP contribution in [0.1, 0.15) is 126 Å². The first-order valence-corrected chi connectivity index (χ1v) is 13.0. The number of rotatable bonds is 18. The monoisotopic (exact) mass is 402 g/mol. The highest BCUT2D eigenvalue weighted by molar-refractivity contribution is 5.48. The summed E-state index contributed by atoms with van der Waals surface area (Å²) in [6, 6.07) is 4.67. The molecule has 1 N–H and O–H groups in total. The fourth-order valence-corrected chi connectivity index (χ4v) is 4.92. The summed E-state index contributed by atoms with van der Waals surface area (Å²) in [6.45, 7) is 10.3. The fraction of sp³-hybridized carbons (Fsp3) is 0.786. The Kier molecular flexibility index (Phi) is 15.3. The molecule has 29 heavy (non-hydrogen) atoms. The number of unbranched alkanes of at least 4 members (excludes halogenated alkanes) is 15. The quantitative estimate of drug-likeness (QED) is 0.237. The maximum atomic E-state index is 2.34. The van der Waals surface area contributed by atoms with Crippen LogP contribution >= 0.6 is 0 Å². The second-order valence-corrected chi connectivity index (χ2v) is 9.61. The molecular weight excluding hydrogens is 350 g/mol. The molecule has 1 heteroatoms. The lowest BCUT2D eigenvalue weighted by atomic mass is 10.0. The lowest BCUT2D eigenvalue weighted by Gasteiger charge is -2.18. The zero-order chi connectivity index (χ0) is 21.3. The van der Waals surface area contributed by atoms with Crippen molar-refractivity contribution in [1.82, 2.24) is 0 Å². The Balaban J connectivity index is 1.91. The van der Waals surface area contributed by atoms with Crippen LogP contribution in [0.2, 0.25) is 0 Å². The number of quaternary nitrogens is 1. The summed E-state index contributed by atoms with van der Waals surface area (Å²) in [5.41, 5.74) is 5.82. The summed E-state index contributed by atoms with van der Waals surface area (Å²) >= 11 is 0. The smallest absolute Gasteiger partial charge is 0.136 e. The molecule has 0 saturated carbocycles. The van der Waals surface area contributed by atoms with Crippen molar-refractivity contribution in [2.45, 2.75) is 130 Å². The van der Waals surface area contributed by atoms with E-state index in [0.717, 1.165) is 0 Å². The number of benzene rings is 1. The second-order valence-electron chi connectivity index (χ2n) is 9.61. The van der Waals surface area contributed by atoms with Crippen LogP contribution in [0.15, 0.2) is 12.1 Å². The standard InChI is InChI=1S/C28H51N/c1-6-7-8-9-10-11-12-13-14-15-16-17-18-19-20-21-22-29(5)28-26(3)23-25(2)24-27(28)4/h23-24H,6-22H2,1-5H3/p+1. The van der Waals surface area contributed by atoms with Gasteiger partial charge < -0.3 is 4.90 Å². The minimum Gasteiger partial charge on any atom is -0.304 e. The van der Waals surface area contributed by atoms with Crippen molar-refractivity contribution < 1.29 is 4.90 Å². The average molecular weight is 403 g/mol. The first kappa shape index (κ1) is 26.2. The third-order valence-corrected chi connectivity index (χ3v) is 6.51. The molecule has 0 spiro atoms. The van der Waals surface area contributed by atoms with Crippen LogP contribution in [0.3, 0.4) is 0 Å². The summed E-state index contributed by atoms with van der Waals surface area (Å²) in [6.07, 6.45) is 23.1. The molecule has 0 radical (unpaired) electrons. The first-order chi connectivity index (χ1) is 14.1. The van der Waals surface area contributed by atoms with Gasteiger partial charge >= 0.3 is 0 Å². The zero-order valence-electron chi connectivity index (χ0n) is 20.7. The van der Waals surface area contributed by atoms with Crippen LogP contribution in [-0.2, 0) is 0 Å². The van der Waals surface area contributed by atoms with E-state index in [1.54, 1.807) is 4.90 Å². The third-order valence-electron chi connectivity index (χ3n) is 6.51. The maximum Gasteiger partial charge on any atom is 0.136 e. The van der Waals surface area contributed by atoms with E-state index < -0.39 is 0 Å². The Labute approximate surface area is 183 Å². The molecule has 0 aliphatic carbocycles. The molecule has 1 atom stereocenters. The minimum atomic E-state index is 1.27. The SMILES string of the molecule is CCCCCCCCCCCCCCCCCC[NH+](C)c1c(C)cc(C)cc1C. The summed E-state index contributed by atoms with van der Waals surface area (Å²) in [7, 11) is 2.34. The van der Waals surface area contributed by atoms with Crippen molar-refractivity contribution in [1.29, 1.82) is 0 Å². The van der Waals surface area contributed by atoms with E-state index in [-0.39, 0.29) is 0 Å². The average Bonchev–Trinajstić information content (AvgIpc) is 2.67. The van der Waals surface area contributed by atoms with Crippen molar-refractivity contribution in [3.05, 3.63) is 28.8 Å². The Morgan fingerprint density at radius 3 is 1.28 bits per heavy atom. The minimum absolute atomic E-state index is 1.27. The van der Waals surface area contributed by atoms with Crippen molar-refractivity contribution in [3.8, 4) is 0 Å². The third kappa shape index (κ3) is 12.5. The van der Waals surface area contributed by atoms with Gasteiger partial charge in [0, 0.05) is 11.1 Å². The number of aryl methyl sites for hydroxylation is 3. The van der Waals surface area contributed by atoms with Gasteiger partial charge in [0.15, 0.2) is 0 Å². The van der Waals surface area contributed by atoms with E-state index in [0.29, 0.717) is 0 Å². The molecule has 0 heterocycles. The Bertz CT molecular complexity index is 496. The van der Waals surface area contributed by atoms with Gasteiger partial charge in [-0.2, -0.15) is 0 Å². The molecule has 0 aliphatic rings. The van der Waals surface area contributed by atoms with Gasteiger partial charge in [-0.1, -0.05) is 115 Å². The van der Waals surface area contributed by atoms with E-state index in [9.17, 15) is 0 Å². The van der Waals surface area contributed by atoms with E-state index in [2.05, 4.69) is 46.9 Å². The van der Waals surface area contributed by atoms with Crippen LogP contribution in [0, 0.1) is 20.8 Å². The lowest BCUT2D eigenvalue weighted by molar-refractivity contribution is -0.811. The van der Waals surface area contributed by atoms with Crippen LogP contribution in [0.4, 0.5) is 5.69 Å². The van der Waals surface area contributed by atoms with Gasteiger partial charge in [-0.05, 0) is 33.6 Å². The Morgan fingerprint density at radius 1 is 0.552 bits per heavy atom.